The SMILES string of the molecule is CCC[C@H](CC#N)COCc1ccccc1. The molecule has 2 nitrogen and oxygen atoms in total. The second kappa shape index (κ2) is 7.90. The normalized spacial score (nSPS) is 12.0. The number of nitrogens with zero attached hydrogens (tertiary/aromatic N) is 1. The number of rotatable bonds is 7. The van der Waals surface area contributed by atoms with Crippen LogP contribution in [-0.4, -0.2) is 6.61 Å². The average molecular weight is 217 g/mol. The van der Waals surface area contributed by atoms with Gasteiger partial charge in [0, 0.05) is 6.42 Å². The molecule has 0 saturated carbocycles. The Morgan fingerprint density at radius 1 is 1.31 bits per heavy atom. The van der Waals surface area contributed by atoms with Gasteiger partial charge in [-0.1, -0.05) is 43.7 Å². The van der Waals surface area contributed by atoms with Gasteiger partial charge in [-0.05, 0) is 17.9 Å². The molecule has 0 spiro atoms. The molecular formula is C14H19NO. The summed E-state index contributed by atoms with van der Waals surface area (Å²) in [5, 5.41) is 8.67. The van der Waals surface area contributed by atoms with Crippen molar-refractivity contribution in [3.8, 4) is 6.07 Å². The molecule has 0 bridgehead atoms. The van der Waals surface area contributed by atoms with Crippen molar-refractivity contribution in [2.45, 2.75) is 32.8 Å². The number of benzene rings is 1. The van der Waals surface area contributed by atoms with Gasteiger partial charge in [-0.2, -0.15) is 5.26 Å². The third-order valence-electron chi connectivity index (χ3n) is 2.54. The molecule has 0 amide bonds. The molecule has 2 heteroatoms. The van der Waals surface area contributed by atoms with Gasteiger partial charge in [-0.3, -0.25) is 0 Å². The first-order valence-electron chi connectivity index (χ1n) is 5.85. The van der Waals surface area contributed by atoms with Gasteiger partial charge in [-0.15, -0.1) is 0 Å². The Morgan fingerprint density at radius 3 is 2.69 bits per heavy atom. The topological polar surface area (TPSA) is 33.0 Å². The standard InChI is InChI=1S/C14H19NO/c1-2-6-13(9-10-15)11-16-12-14-7-4-3-5-8-14/h3-5,7-8,13H,2,6,9,11-12H2,1H3/t13-/m1/s1. The molecule has 0 heterocycles. The van der Waals surface area contributed by atoms with Crippen molar-refractivity contribution in [1.82, 2.24) is 0 Å². The fraction of sp³-hybridized carbons (Fsp3) is 0.500. The van der Waals surface area contributed by atoms with Gasteiger partial charge in [0.05, 0.1) is 19.3 Å². The van der Waals surface area contributed by atoms with E-state index in [4.69, 9.17) is 10.00 Å². The monoisotopic (exact) mass is 217 g/mol. The molecule has 1 atom stereocenters. The summed E-state index contributed by atoms with van der Waals surface area (Å²) < 4.78 is 5.64. The number of nitriles is 1. The molecule has 0 fully saturated rings. The predicted molar refractivity (Wildman–Crippen MR) is 64.7 cm³/mol. The summed E-state index contributed by atoms with van der Waals surface area (Å²) in [7, 11) is 0. The number of hydrogen-bond acceptors (Lipinski definition) is 2. The maximum atomic E-state index is 8.67. The summed E-state index contributed by atoms with van der Waals surface area (Å²) in [4.78, 5) is 0. The van der Waals surface area contributed by atoms with Crippen LogP contribution in [0, 0.1) is 17.2 Å². The van der Waals surface area contributed by atoms with Gasteiger partial charge in [0.25, 0.3) is 0 Å². The minimum Gasteiger partial charge on any atom is -0.376 e. The lowest BCUT2D eigenvalue weighted by molar-refractivity contribution is 0.0851. The fourth-order valence-corrected chi connectivity index (χ4v) is 1.70. The van der Waals surface area contributed by atoms with Crippen molar-refractivity contribution in [3.05, 3.63) is 35.9 Å². The van der Waals surface area contributed by atoms with Crippen molar-refractivity contribution >= 4 is 0 Å². The molecule has 16 heavy (non-hydrogen) atoms. The van der Waals surface area contributed by atoms with E-state index >= 15 is 0 Å². The fourth-order valence-electron chi connectivity index (χ4n) is 1.70. The highest BCUT2D eigenvalue weighted by Gasteiger charge is 2.07. The maximum Gasteiger partial charge on any atom is 0.0717 e. The minimum absolute atomic E-state index is 0.388. The molecule has 0 aliphatic heterocycles. The summed E-state index contributed by atoms with van der Waals surface area (Å²) >= 11 is 0. The molecule has 1 rings (SSSR count). The molecule has 0 saturated heterocycles. The molecule has 0 aliphatic rings. The minimum atomic E-state index is 0.388. The first-order valence-corrected chi connectivity index (χ1v) is 5.85. The molecule has 0 radical (unpaired) electrons. The van der Waals surface area contributed by atoms with Crippen LogP contribution in [-0.2, 0) is 11.3 Å². The summed E-state index contributed by atoms with van der Waals surface area (Å²) in [6.45, 7) is 3.48. The zero-order chi connectivity index (χ0) is 11.6. The van der Waals surface area contributed by atoms with Crippen LogP contribution in [0.3, 0.4) is 0 Å². The molecule has 1 aromatic carbocycles. The molecule has 0 unspecified atom stereocenters. The van der Waals surface area contributed by atoms with Crippen LogP contribution in [0.1, 0.15) is 31.7 Å². The van der Waals surface area contributed by atoms with Gasteiger partial charge >= 0.3 is 0 Å². The Bertz CT molecular complexity index is 315. The van der Waals surface area contributed by atoms with Gasteiger partial charge < -0.3 is 4.74 Å². The highest BCUT2D eigenvalue weighted by molar-refractivity contribution is 5.13. The zero-order valence-electron chi connectivity index (χ0n) is 9.86. The van der Waals surface area contributed by atoms with Crippen LogP contribution < -0.4 is 0 Å². The first kappa shape index (κ1) is 12.7. The van der Waals surface area contributed by atoms with E-state index in [1.807, 2.05) is 18.2 Å². The van der Waals surface area contributed by atoms with E-state index in [9.17, 15) is 0 Å². The quantitative estimate of drug-likeness (QED) is 0.700. The van der Waals surface area contributed by atoms with E-state index in [1.54, 1.807) is 0 Å². The van der Waals surface area contributed by atoms with E-state index in [0.717, 1.165) is 12.8 Å². The predicted octanol–water partition coefficient (Wildman–Crippen LogP) is 3.53. The zero-order valence-corrected chi connectivity index (χ0v) is 9.86. The van der Waals surface area contributed by atoms with Gasteiger partial charge in [-0.25, -0.2) is 0 Å². The summed E-state index contributed by atoms with van der Waals surface area (Å²) in [5.74, 6) is 0.388. The summed E-state index contributed by atoms with van der Waals surface area (Å²) in [6.07, 6.45) is 2.78. The second-order valence-corrected chi connectivity index (χ2v) is 4.02. The smallest absolute Gasteiger partial charge is 0.0717 e. The van der Waals surface area contributed by atoms with Crippen molar-refractivity contribution in [2.75, 3.05) is 6.61 Å². The highest BCUT2D eigenvalue weighted by Crippen LogP contribution is 2.12. The van der Waals surface area contributed by atoms with Crippen LogP contribution in [0.15, 0.2) is 30.3 Å². The third kappa shape index (κ3) is 4.95. The summed E-state index contributed by atoms with van der Waals surface area (Å²) in [6, 6.07) is 12.4. The Labute approximate surface area is 97.9 Å². The van der Waals surface area contributed by atoms with Crippen LogP contribution in [0.5, 0.6) is 0 Å². The molecular weight excluding hydrogens is 198 g/mol. The molecule has 0 aromatic heterocycles. The largest absolute Gasteiger partial charge is 0.376 e. The maximum absolute atomic E-state index is 8.67. The van der Waals surface area contributed by atoms with Crippen LogP contribution in [0.25, 0.3) is 0 Å². The highest BCUT2D eigenvalue weighted by atomic mass is 16.5. The Morgan fingerprint density at radius 2 is 2.06 bits per heavy atom. The number of ether oxygens (including phenoxy) is 1. The van der Waals surface area contributed by atoms with Crippen molar-refractivity contribution in [2.24, 2.45) is 5.92 Å². The van der Waals surface area contributed by atoms with E-state index in [2.05, 4.69) is 25.1 Å². The van der Waals surface area contributed by atoms with Crippen LogP contribution in [0.4, 0.5) is 0 Å². The van der Waals surface area contributed by atoms with E-state index < -0.39 is 0 Å². The van der Waals surface area contributed by atoms with Gasteiger partial charge in [0.15, 0.2) is 0 Å². The molecule has 86 valence electrons. The Balaban J connectivity index is 2.25. The first-order chi connectivity index (χ1) is 7.86. The van der Waals surface area contributed by atoms with E-state index in [1.165, 1.54) is 5.56 Å². The van der Waals surface area contributed by atoms with Crippen molar-refractivity contribution < 1.29 is 4.74 Å². The second-order valence-electron chi connectivity index (χ2n) is 4.02. The van der Waals surface area contributed by atoms with Gasteiger partial charge in [0.2, 0.25) is 0 Å². The van der Waals surface area contributed by atoms with Crippen molar-refractivity contribution in [1.29, 1.82) is 5.26 Å². The van der Waals surface area contributed by atoms with E-state index in [0.29, 0.717) is 25.6 Å². The average Bonchev–Trinajstić information content (AvgIpc) is 2.31. The molecule has 0 N–H and O–H groups in total. The lowest BCUT2D eigenvalue weighted by Crippen LogP contribution is -2.09. The lowest BCUT2D eigenvalue weighted by atomic mass is 10.0. The molecule has 1 aromatic rings. The summed E-state index contributed by atoms with van der Waals surface area (Å²) in [5.41, 5.74) is 1.19. The third-order valence-corrected chi connectivity index (χ3v) is 2.54. The Kier molecular flexibility index (Phi) is 6.29. The van der Waals surface area contributed by atoms with Crippen LogP contribution >= 0.6 is 0 Å². The van der Waals surface area contributed by atoms with Crippen LogP contribution in [0.2, 0.25) is 0 Å². The van der Waals surface area contributed by atoms with Gasteiger partial charge in [0.1, 0.15) is 0 Å². The van der Waals surface area contributed by atoms with E-state index in [-0.39, 0.29) is 0 Å². The number of hydrogen-bond donors (Lipinski definition) is 0. The molecule has 0 aliphatic carbocycles. The van der Waals surface area contributed by atoms with Crippen molar-refractivity contribution in [3.63, 3.8) is 0 Å². The lowest BCUT2D eigenvalue weighted by Gasteiger charge is -2.12. The Hall–Kier alpha value is -1.33.